The third-order valence-electron chi connectivity index (χ3n) is 2.88. The number of hydrogen-bond donors (Lipinski definition) is 1. The first kappa shape index (κ1) is 12.4. The van der Waals surface area contributed by atoms with E-state index in [4.69, 9.17) is 10.3 Å². The van der Waals surface area contributed by atoms with E-state index in [0.717, 1.165) is 17.5 Å². The summed E-state index contributed by atoms with van der Waals surface area (Å²) in [6, 6.07) is 7.85. The Bertz CT molecular complexity index is 696. The van der Waals surface area contributed by atoms with Crippen LogP contribution in [0, 0.1) is 0 Å². The molecule has 0 fully saturated rings. The monoisotopic (exact) mass is 267 g/mol. The second kappa shape index (κ2) is 5.58. The highest BCUT2D eigenvalue weighted by Crippen LogP contribution is 2.24. The average Bonchev–Trinajstić information content (AvgIpc) is 2.99. The van der Waals surface area contributed by atoms with Gasteiger partial charge < -0.3 is 10.3 Å². The maximum Gasteiger partial charge on any atom is 0.258 e. The summed E-state index contributed by atoms with van der Waals surface area (Å²) in [4.78, 5) is 12.5. The fraction of sp³-hybridized carbons (Fsp3) is 0.143. The van der Waals surface area contributed by atoms with Crippen LogP contribution in [0.15, 0.2) is 47.4 Å². The number of nitrogens with two attached hydrogens (primary N) is 1. The van der Waals surface area contributed by atoms with E-state index >= 15 is 0 Å². The zero-order valence-corrected chi connectivity index (χ0v) is 10.7. The lowest BCUT2D eigenvalue weighted by Crippen LogP contribution is -2.03. The van der Waals surface area contributed by atoms with Crippen LogP contribution in [-0.2, 0) is 6.42 Å². The molecule has 0 spiro atoms. The summed E-state index contributed by atoms with van der Waals surface area (Å²) in [5, 5.41) is 3.94. The van der Waals surface area contributed by atoms with Crippen molar-refractivity contribution in [3.63, 3.8) is 0 Å². The molecule has 0 amide bonds. The van der Waals surface area contributed by atoms with Gasteiger partial charge in [-0.05, 0) is 24.6 Å². The molecule has 0 bridgehead atoms. The van der Waals surface area contributed by atoms with E-state index in [1.165, 1.54) is 0 Å². The fourth-order valence-corrected chi connectivity index (χ4v) is 1.95. The van der Waals surface area contributed by atoms with Gasteiger partial charge in [-0.2, -0.15) is 4.98 Å². The molecular formula is C14H13N5O. The van der Waals surface area contributed by atoms with Crippen LogP contribution in [0.2, 0.25) is 0 Å². The summed E-state index contributed by atoms with van der Waals surface area (Å²) in [5.74, 6) is 0.894. The molecule has 3 rings (SSSR count). The van der Waals surface area contributed by atoms with Gasteiger partial charge in [-0.25, -0.2) is 4.98 Å². The summed E-state index contributed by atoms with van der Waals surface area (Å²) in [6.45, 7) is 0.572. The number of aromatic nitrogens is 4. The van der Waals surface area contributed by atoms with Gasteiger partial charge in [-0.1, -0.05) is 23.4 Å². The first-order valence-corrected chi connectivity index (χ1v) is 6.27. The molecule has 2 aromatic heterocycles. The van der Waals surface area contributed by atoms with Crippen LogP contribution < -0.4 is 5.73 Å². The van der Waals surface area contributed by atoms with Gasteiger partial charge in [0.2, 0.25) is 5.82 Å². The van der Waals surface area contributed by atoms with Gasteiger partial charge in [0.15, 0.2) is 0 Å². The maximum atomic E-state index is 5.62. The normalized spacial score (nSPS) is 10.7. The quantitative estimate of drug-likeness (QED) is 0.773. The van der Waals surface area contributed by atoms with Crippen molar-refractivity contribution in [2.24, 2.45) is 5.73 Å². The Morgan fingerprint density at radius 2 is 2.05 bits per heavy atom. The summed E-state index contributed by atoms with van der Waals surface area (Å²) in [5.41, 5.74) is 8.19. The number of rotatable bonds is 4. The predicted molar refractivity (Wildman–Crippen MR) is 73.5 cm³/mol. The van der Waals surface area contributed by atoms with Crippen molar-refractivity contribution >= 4 is 0 Å². The number of hydrogen-bond acceptors (Lipinski definition) is 6. The standard InChI is InChI=1S/C14H13N5O/c15-6-5-10-3-1-2-4-11(10)14-18-13(19-20-14)12-9-16-7-8-17-12/h1-4,7-9H,5-6,15H2. The van der Waals surface area contributed by atoms with Crippen LogP contribution in [0.4, 0.5) is 0 Å². The molecular weight excluding hydrogens is 254 g/mol. The lowest BCUT2D eigenvalue weighted by molar-refractivity contribution is 0.431. The van der Waals surface area contributed by atoms with E-state index in [1.54, 1.807) is 18.6 Å². The third kappa shape index (κ3) is 2.41. The van der Waals surface area contributed by atoms with Crippen molar-refractivity contribution in [3.8, 4) is 23.0 Å². The first-order chi connectivity index (χ1) is 9.88. The third-order valence-corrected chi connectivity index (χ3v) is 2.88. The second-order valence-electron chi connectivity index (χ2n) is 4.21. The largest absolute Gasteiger partial charge is 0.334 e. The van der Waals surface area contributed by atoms with Crippen molar-refractivity contribution in [3.05, 3.63) is 48.4 Å². The van der Waals surface area contributed by atoms with Gasteiger partial charge in [0.05, 0.1) is 6.20 Å². The molecule has 6 heteroatoms. The fourth-order valence-electron chi connectivity index (χ4n) is 1.95. The molecule has 0 unspecified atom stereocenters. The molecule has 0 aliphatic rings. The molecule has 0 saturated heterocycles. The SMILES string of the molecule is NCCc1ccccc1-c1nc(-c2cnccn2)no1. The maximum absolute atomic E-state index is 5.62. The predicted octanol–water partition coefficient (Wildman–Crippen LogP) is 1.69. The van der Waals surface area contributed by atoms with E-state index < -0.39 is 0 Å². The highest BCUT2D eigenvalue weighted by atomic mass is 16.5. The van der Waals surface area contributed by atoms with Gasteiger partial charge in [0, 0.05) is 18.0 Å². The molecule has 1 aromatic carbocycles. The molecule has 0 atom stereocenters. The van der Waals surface area contributed by atoms with Crippen molar-refractivity contribution in [1.29, 1.82) is 0 Å². The van der Waals surface area contributed by atoms with Crippen molar-refractivity contribution < 1.29 is 4.52 Å². The zero-order valence-electron chi connectivity index (χ0n) is 10.7. The van der Waals surface area contributed by atoms with Gasteiger partial charge in [-0.15, -0.1) is 0 Å². The minimum atomic E-state index is 0.427. The summed E-state index contributed by atoms with van der Waals surface area (Å²) in [7, 11) is 0. The van der Waals surface area contributed by atoms with E-state index in [9.17, 15) is 0 Å². The minimum absolute atomic E-state index is 0.427. The number of nitrogens with zero attached hydrogens (tertiary/aromatic N) is 4. The van der Waals surface area contributed by atoms with E-state index in [-0.39, 0.29) is 0 Å². The van der Waals surface area contributed by atoms with E-state index in [1.807, 2.05) is 24.3 Å². The van der Waals surface area contributed by atoms with Crippen LogP contribution in [-0.4, -0.2) is 26.7 Å². The first-order valence-electron chi connectivity index (χ1n) is 6.27. The van der Waals surface area contributed by atoms with Crippen molar-refractivity contribution in [2.75, 3.05) is 6.54 Å². The van der Waals surface area contributed by atoms with Crippen LogP contribution >= 0.6 is 0 Å². The Balaban J connectivity index is 1.98. The van der Waals surface area contributed by atoms with E-state index in [0.29, 0.717) is 24.0 Å². The molecule has 2 heterocycles. The highest BCUT2D eigenvalue weighted by molar-refractivity contribution is 5.61. The molecule has 0 aliphatic heterocycles. The molecule has 0 aliphatic carbocycles. The van der Waals surface area contributed by atoms with Gasteiger partial charge in [0.25, 0.3) is 5.89 Å². The van der Waals surface area contributed by atoms with Crippen molar-refractivity contribution in [1.82, 2.24) is 20.1 Å². The molecule has 6 nitrogen and oxygen atoms in total. The molecule has 20 heavy (non-hydrogen) atoms. The summed E-state index contributed by atoms with van der Waals surface area (Å²) in [6.07, 6.45) is 5.55. The van der Waals surface area contributed by atoms with Crippen molar-refractivity contribution in [2.45, 2.75) is 6.42 Å². The Kier molecular flexibility index (Phi) is 3.47. The summed E-state index contributed by atoms with van der Waals surface area (Å²) < 4.78 is 5.32. The lowest BCUT2D eigenvalue weighted by atomic mass is 10.0. The molecule has 0 saturated carbocycles. The lowest BCUT2D eigenvalue weighted by Gasteiger charge is -2.03. The Labute approximate surface area is 115 Å². The Morgan fingerprint density at radius 3 is 2.85 bits per heavy atom. The topological polar surface area (TPSA) is 90.7 Å². The van der Waals surface area contributed by atoms with Crippen LogP contribution in [0.3, 0.4) is 0 Å². The van der Waals surface area contributed by atoms with Gasteiger partial charge in [0.1, 0.15) is 5.69 Å². The highest BCUT2D eigenvalue weighted by Gasteiger charge is 2.14. The molecule has 0 radical (unpaired) electrons. The smallest absolute Gasteiger partial charge is 0.258 e. The van der Waals surface area contributed by atoms with Crippen LogP contribution in [0.1, 0.15) is 5.56 Å². The van der Waals surface area contributed by atoms with Crippen LogP contribution in [0.25, 0.3) is 23.0 Å². The summed E-state index contributed by atoms with van der Waals surface area (Å²) >= 11 is 0. The second-order valence-corrected chi connectivity index (χ2v) is 4.21. The van der Waals surface area contributed by atoms with Gasteiger partial charge >= 0.3 is 0 Å². The molecule has 2 N–H and O–H groups in total. The van der Waals surface area contributed by atoms with E-state index in [2.05, 4.69) is 20.1 Å². The zero-order chi connectivity index (χ0) is 13.8. The molecule has 100 valence electrons. The number of benzene rings is 1. The van der Waals surface area contributed by atoms with Crippen LogP contribution in [0.5, 0.6) is 0 Å². The minimum Gasteiger partial charge on any atom is -0.334 e. The molecule has 3 aromatic rings. The Hall–Kier alpha value is -2.60. The average molecular weight is 267 g/mol. The Morgan fingerprint density at radius 1 is 1.15 bits per heavy atom. The van der Waals surface area contributed by atoms with Gasteiger partial charge in [-0.3, -0.25) is 4.98 Å².